The highest BCUT2D eigenvalue weighted by Crippen LogP contribution is 2.32. The van der Waals surface area contributed by atoms with Crippen LogP contribution in [0.4, 0.5) is 10.8 Å². The molecule has 0 unspecified atom stereocenters. The van der Waals surface area contributed by atoms with Gasteiger partial charge in [-0.15, -0.1) is 11.3 Å². The molecule has 5 nitrogen and oxygen atoms in total. The van der Waals surface area contributed by atoms with Crippen LogP contribution in [0, 0.1) is 0 Å². The van der Waals surface area contributed by atoms with Crippen molar-refractivity contribution in [3.63, 3.8) is 0 Å². The fraction of sp³-hybridized carbons (Fsp3) is 0.385. The van der Waals surface area contributed by atoms with E-state index in [0.717, 1.165) is 5.00 Å². The van der Waals surface area contributed by atoms with Crippen LogP contribution in [-0.2, 0) is 19.4 Å². The number of nitrogens with zero attached hydrogens (tertiary/aromatic N) is 1. The zero-order chi connectivity index (χ0) is 14.1. The molecule has 0 aliphatic heterocycles. The van der Waals surface area contributed by atoms with Crippen molar-refractivity contribution < 1.29 is 4.79 Å². The van der Waals surface area contributed by atoms with Gasteiger partial charge in [-0.1, -0.05) is 0 Å². The summed E-state index contributed by atoms with van der Waals surface area (Å²) >= 11 is 3.09. The van der Waals surface area contributed by atoms with Crippen LogP contribution in [0.1, 0.15) is 32.1 Å². The van der Waals surface area contributed by atoms with E-state index < -0.39 is 0 Å². The van der Waals surface area contributed by atoms with Crippen LogP contribution < -0.4 is 16.4 Å². The van der Waals surface area contributed by atoms with Crippen LogP contribution in [-0.4, -0.2) is 17.3 Å². The first-order valence-corrected chi connectivity index (χ1v) is 8.09. The van der Waals surface area contributed by atoms with Crippen molar-refractivity contribution in [3.05, 3.63) is 26.9 Å². The maximum Gasteiger partial charge on any atom is 0.257 e. The first kappa shape index (κ1) is 13.4. The molecule has 0 radical (unpaired) electrons. The van der Waals surface area contributed by atoms with Gasteiger partial charge in [0.1, 0.15) is 10.6 Å². The predicted octanol–water partition coefficient (Wildman–Crippen LogP) is 2.25. The molecule has 1 aliphatic rings. The Bertz CT molecular complexity index is 625. The molecular formula is C13H16N4OS2. The van der Waals surface area contributed by atoms with E-state index in [1.54, 1.807) is 7.05 Å². The third-order valence-corrected chi connectivity index (χ3v) is 5.45. The van der Waals surface area contributed by atoms with Gasteiger partial charge in [-0.25, -0.2) is 0 Å². The van der Waals surface area contributed by atoms with Crippen molar-refractivity contribution in [3.8, 4) is 0 Å². The Kier molecular flexibility index (Phi) is 3.62. The fourth-order valence-corrected chi connectivity index (χ4v) is 4.32. The second kappa shape index (κ2) is 5.41. The predicted molar refractivity (Wildman–Crippen MR) is 83.6 cm³/mol. The Balaban J connectivity index is 1.73. The van der Waals surface area contributed by atoms with E-state index in [1.807, 2.05) is 11.3 Å². The summed E-state index contributed by atoms with van der Waals surface area (Å²) in [6.45, 7) is 0.712. The summed E-state index contributed by atoms with van der Waals surface area (Å²) in [5.41, 5.74) is 7.68. The molecule has 106 valence electrons. The summed E-state index contributed by atoms with van der Waals surface area (Å²) in [5, 5.41) is 6.60. The Labute approximate surface area is 125 Å². The number of nitrogen functional groups attached to an aromatic ring is 1. The number of nitrogens with one attached hydrogen (secondary N) is 2. The number of aryl methyl sites for hydroxylation is 2. The second-order valence-electron chi connectivity index (χ2n) is 4.72. The van der Waals surface area contributed by atoms with E-state index in [1.165, 1.54) is 46.1 Å². The molecule has 20 heavy (non-hydrogen) atoms. The number of carbonyl (C=O) groups is 1. The van der Waals surface area contributed by atoms with Gasteiger partial charge in [-0.3, -0.25) is 4.79 Å². The molecule has 0 bridgehead atoms. The SMILES string of the molecule is CNC(=O)c1c(N)nsc1NCc1cc2c(s1)CCC2. The maximum atomic E-state index is 11.8. The lowest BCUT2D eigenvalue weighted by atomic mass is 10.2. The van der Waals surface area contributed by atoms with E-state index in [4.69, 9.17) is 5.73 Å². The second-order valence-corrected chi connectivity index (χ2v) is 6.71. The Morgan fingerprint density at radius 1 is 1.50 bits per heavy atom. The van der Waals surface area contributed by atoms with E-state index in [0.29, 0.717) is 12.1 Å². The average molecular weight is 308 g/mol. The number of rotatable bonds is 4. The maximum absolute atomic E-state index is 11.8. The molecule has 0 saturated carbocycles. The number of anilines is 2. The summed E-state index contributed by atoms with van der Waals surface area (Å²) in [4.78, 5) is 14.6. The van der Waals surface area contributed by atoms with Crippen molar-refractivity contribution in [1.29, 1.82) is 0 Å². The van der Waals surface area contributed by atoms with E-state index in [-0.39, 0.29) is 11.7 Å². The summed E-state index contributed by atoms with van der Waals surface area (Å²) in [6.07, 6.45) is 3.68. The number of hydrogen-bond donors (Lipinski definition) is 3. The van der Waals surface area contributed by atoms with Crippen LogP contribution in [0.15, 0.2) is 6.07 Å². The van der Waals surface area contributed by atoms with Crippen molar-refractivity contribution >= 4 is 39.6 Å². The fourth-order valence-electron chi connectivity index (χ4n) is 2.41. The average Bonchev–Trinajstić information content (AvgIpc) is 3.09. The largest absolute Gasteiger partial charge is 0.382 e. The number of carbonyl (C=O) groups excluding carboxylic acids is 1. The van der Waals surface area contributed by atoms with Gasteiger partial charge in [-0.2, -0.15) is 4.37 Å². The van der Waals surface area contributed by atoms with Gasteiger partial charge in [0.15, 0.2) is 5.82 Å². The summed E-state index contributed by atoms with van der Waals surface area (Å²) in [5.74, 6) is 0.0814. The summed E-state index contributed by atoms with van der Waals surface area (Å²) < 4.78 is 4.05. The molecule has 0 saturated heterocycles. The van der Waals surface area contributed by atoms with Crippen molar-refractivity contribution in [2.75, 3.05) is 18.1 Å². The van der Waals surface area contributed by atoms with Gasteiger partial charge in [0.05, 0.1) is 6.54 Å². The summed E-state index contributed by atoms with van der Waals surface area (Å²) in [6, 6.07) is 2.27. The highest BCUT2D eigenvalue weighted by molar-refractivity contribution is 7.12. The molecule has 3 rings (SSSR count). The third kappa shape index (κ3) is 2.38. The molecule has 0 spiro atoms. The number of nitrogens with two attached hydrogens (primary N) is 1. The first-order chi connectivity index (χ1) is 9.69. The van der Waals surface area contributed by atoms with Crippen LogP contribution >= 0.6 is 22.9 Å². The molecule has 7 heteroatoms. The molecule has 1 aliphatic carbocycles. The lowest BCUT2D eigenvalue weighted by molar-refractivity contribution is 0.0965. The minimum absolute atomic E-state index is 0.201. The number of aromatic nitrogens is 1. The molecule has 4 N–H and O–H groups in total. The Hall–Kier alpha value is -1.60. The Morgan fingerprint density at radius 3 is 3.10 bits per heavy atom. The third-order valence-electron chi connectivity index (χ3n) is 3.39. The smallest absolute Gasteiger partial charge is 0.257 e. The Morgan fingerprint density at radius 2 is 2.35 bits per heavy atom. The first-order valence-electron chi connectivity index (χ1n) is 6.50. The van der Waals surface area contributed by atoms with Gasteiger partial charge >= 0.3 is 0 Å². The van der Waals surface area contributed by atoms with Gasteiger partial charge in [0.25, 0.3) is 5.91 Å². The molecule has 2 heterocycles. The normalized spacial score (nSPS) is 13.2. The number of thiophene rings is 1. The van der Waals surface area contributed by atoms with E-state index >= 15 is 0 Å². The lowest BCUT2D eigenvalue weighted by Gasteiger charge is -2.05. The molecule has 0 fully saturated rings. The van der Waals surface area contributed by atoms with Gasteiger partial charge in [0, 0.05) is 16.8 Å². The minimum atomic E-state index is -0.201. The molecule has 2 aromatic rings. The number of hydrogen-bond acceptors (Lipinski definition) is 6. The number of fused-ring (bicyclic) bond motifs is 1. The summed E-state index contributed by atoms with van der Waals surface area (Å²) in [7, 11) is 1.59. The number of amides is 1. The quantitative estimate of drug-likeness (QED) is 0.809. The highest BCUT2D eigenvalue weighted by Gasteiger charge is 2.19. The zero-order valence-electron chi connectivity index (χ0n) is 11.2. The molecule has 0 atom stereocenters. The lowest BCUT2D eigenvalue weighted by Crippen LogP contribution is -2.19. The van der Waals surface area contributed by atoms with Crippen LogP contribution in [0.5, 0.6) is 0 Å². The molecular weight excluding hydrogens is 292 g/mol. The van der Waals surface area contributed by atoms with E-state index in [9.17, 15) is 4.79 Å². The van der Waals surface area contributed by atoms with Crippen molar-refractivity contribution in [2.45, 2.75) is 25.8 Å². The topological polar surface area (TPSA) is 80.0 Å². The minimum Gasteiger partial charge on any atom is -0.382 e. The van der Waals surface area contributed by atoms with Gasteiger partial charge < -0.3 is 16.4 Å². The van der Waals surface area contributed by atoms with Gasteiger partial charge in [0.2, 0.25) is 0 Å². The monoisotopic (exact) mass is 308 g/mol. The standard InChI is InChI=1S/C13H16N4OS2/c1-15-12(18)10-11(14)17-20-13(10)16-6-8-5-7-3-2-4-9(7)19-8/h5,16H,2-4,6H2,1H3,(H2,14,17)(H,15,18). The molecule has 0 aromatic carbocycles. The van der Waals surface area contributed by atoms with E-state index in [2.05, 4.69) is 21.1 Å². The molecule has 2 aromatic heterocycles. The van der Waals surface area contributed by atoms with Crippen molar-refractivity contribution in [1.82, 2.24) is 9.69 Å². The van der Waals surface area contributed by atoms with Crippen LogP contribution in [0.2, 0.25) is 0 Å². The van der Waals surface area contributed by atoms with Crippen molar-refractivity contribution in [2.24, 2.45) is 0 Å². The highest BCUT2D eigenvalue weighted by atomic mass is 32.1. The van der Waals surface area contributed by atoms with Gasteiger partial charge in [-0.05, 0) is 42.4 Å². The van der Waals surface area contributed by atoms with Crippen LogP contribution in [0.25, 0.3) is 0 Å². The molecule has 1 amide bonds. The zero-order valence-corrected chi connectivity index (χ0v) is 12.8. The van der Waals surface area contributed by atoms with Crippen LogP contribution in [0.3, 0.4) is 0 Å².